The van der Waals surface area contributed by atoms with E-state index in [4.69, 9.17) is 34.8 Å². The predicted octanol–water partition coefficient (Wildman–Crippen LogP) is 7.40. The van der Waals surface area contributed by atoms with Gasteiger partial charge in [0.1, 0.15) is 12.6 Å². The van der Waals surface area contributed by atoms with Crippen molar-refractivity contribution in [1.29, 1.82) is 0 Å². The number of anilines is 1. The number of nitrogens with one attached hydrogen (secondary N) is 1. The minimum atomic E-state index is -4.26. The van der Waals surface area contributed by atoms with Gasteiger partial charge in [0.2, 0.25) is 11.8 Å². The van der Waals surface area contributed by atoms with Crippen LogP contribution in [0.15, 0.2) is 108 Å². The van der Waals surface area contributed by atoms with Gasteiger partial charge in [-0.25, -0.2) is 8.42 Å². The molecule has 2 amide bonds. The lowest BCUT2D eigenvalue weighted by atomic mass is 10.0. The summed E-state index contributed by atoms with van der Waals surface area (Å²) in [6.07, 6.45) is 0.188. The first-order valence-electron chi connectivity index (χ1n) is 14.2. The second kappa shape index (κ2) is 14.7. The Labute approximate surface area is 279 Å². The van der Waals surface area contributed by atoms with Gasteiger partial charge < -0.3 is 10.2 Å². The highest BCUT2D eigenvalue weighted by atomic mass is 35.5. The van der Waals surface area contributed by atoms with E-state index in [9.17, 15) is 18.0 Å². The number of rotatable bonds is 11. The van der Waals surface area contributed by atoms with E-state index < -0.39 is 34.1 Å². The van der Waals surface area contributed by atoms with Crippen LogP contribution >= 0.6 is 34.8 Å². The summed E-state index contributed by atoms with van der Waals surface area (Å²) in [5, 5.41) is 3.82. The van der Waals surface area contributed by atoms with Gasteiger partial charge in [0.25, 0.3) is 10.0 Å². The lowest BCUT2D eigenvalue weighted by Gasteiger charge is -2.35. The van der Waals surface area contributed by atoms with Crippen LogP contribution in [0.5, 0.6) is 0 Å². The van der Waals surface area contributed by atoms with E-state index in [0.717, 1.165) is 9.87 Å². The topological polar surface area (TPSA) is 86.8 Å². The quantitative estimate of drug-likeness (QED) is 0.178. The second-order valence-corrected chi connectivity index (χ2v) is 14.6. The number of carbonyl (C=O) groups excluding carboxylic acids is 2. The summed E-state index contributed by atoms with van der Waals surface area (Å²) in [4.78, 5) is 29.8. The summed E-state index contributed by atoms with van der Waals surface area (Å²) in [6, 6.07) is 27.4. The fourth-order valence-corrected chi connectivity index (χ4v) is 6.66. The first kappa shape index (κ1) is 34.3. The highest BCUT2D eigenvalue weighted by Gasteiger charge is 2.35. The van der Waals surface area contributed by atoms with E-state index in [0.29, 0.717) is 10.6 Å². The second-order valence-electron chi connectivity index (χ2n) is 11.5. The van der Waals surface area contributed by atoms with Crippen LogP contribution in [-0.2, 0) is 32.6 Å². The SMILES string of the molecule is CC(C)(C)NC(=O)[C@H](Cc1ccccc1)N(Cc1cccc(Cl)c1)C(=O)CN(c1ccc(Cl)c(Cl)c1)S(=O)(=O)c1ccccc1. The Morgan fingerprint density at radius 3 is 2.00 bits per heavy atom. The average molecular weight is 687 g/mol. The molecule has 0 saturated carbocycles. The first-order chi connectivity index (χ1) is 21.2. The molecule has 45 heavy (non-hydrogen) atoms. The Hall–Kier alpha value is -3.56. The zero-order valence-corrected chi connectivity index (χ0v) is 28.2. The van der Waals surface area contributed by atoms with Gasteiger partial charge in [-0.15, -0.1) is 0 Å². The highest BCUT2D eigenvalue weighted by molar-refractivity contribution is 7.92. The molecule has 0 aliphatic carbocycles. The molecular weight excluding hydrogens is 653 g/mol. The van der Waals surface area contributed by atoms with Crippen molar-refractivity contribution in [3.05, 3.63) is 129 Å². The van der Waals surface area contributed by atoms with Crippen LogP contribution in [0.1, 0.15) is 31.9 Å². The van der Waals surface area contributed by atoms with Gasteiger partial charge in [-0.3, -0.25) is 13.9 Å². The molecular formula is C34H34Cl3N3O4S. The Kier molecular flexibility index (Phi) is 11.2. The molecule has 0 unspecified atom stereocenters. The summed E-state index contributed by atoms with van der Waals surface area (Å²) in [5.74, 6) is -0.987. The van der Waals surface area contributed by atoms with Crippen molar-refractivity contribution < 1.29 is 18.0 Å². The summed E-state index contributed by atoms with van der Waals surface area (Å²) in [7, 11) is -4.26. The molecule has 7 nitrogen and oxygen atoms in total. The number of hydrogen-bond acceptors (Lipinski definition) is 4. The molecule has 4 aromatic carbocycles. The standard InChI is InChI=1S/C34H34Cl3N3O4S/c1-34(2,3)38-33(42)31(20-24-11-6-4-7-12-24)39(22-25-13-10-14-26(35)19-25)32(41)23-40(27-17-18-29(36)30(37)21-27)45(43,44)28-15-8-5-9-16-28/h4-19,21,31H,20,22-23H2,1-3H3,(H,38,42)/t31-/m0/s1. The minimum absolute atomic E-state index is 0.00491. The predicted molar refractivity (Wildman–Crippen MR) is 181 cm³/mol. The van der Waals surface area contributed by atoms with Crippen molar-refractivity contribution >= 4 is 62.3 Å². The largest absolute Gasteiger partial charge is 0.350 e. The molecule has 0 aliphatic heterocycles. The van der Waals surface area contributed by atoms with Crippen LogP contribution in [-0.4, -0.2) is 43.3 Å². The molecule has 1 atom stereocenters. The van der Waals surface area contributed by atoms with Crippen LogP contribution < -0.4 is 9.62 Å². The fourth-order valence-electron chi connectivity index (χ4n) is 4.73. The molecule has 0 bridgehead atoms. The van der Waals surface area contributed by atoms with E-state index in [2.05, 4.69) is 5.32 Å². The maximum absolute atomic E-state index is 14.5. The van der Waals surface area contributed by atoms with Crippen molar-refractivity contribution in [2.45, 2.75) is 50.2 Å². The fraction of sp³-hybridized carbons (Fsp3) is 0.235. The molecule has 0 radical (unpaired) electrons. The Morgan fingerprint density at radius 2 is 1.40 bits per heavy atom. The van der Waals surface area contributed by atoms with Crippen molar-refractivity contribution in [2.24, 2.45) is 0 Å². The normalized spacial score (nSPS) is 12.3. The molecule has 4 rings (SSSR count). The van der Waals surface area contributed by atoms with E-state index in [1.807, 2.05) is 51.1 Å². The third-order valence-electron chi connectivity index (χ3n) is 6.81. The van der Waals surface area contributed by atoms with Crippen molar-refractivity contribution in [3.63, 3.8) is 0 Å². The summed E-state index contributed by atoms with van der Waals surface area (Å²) >= 11 is 18.7. The zero-order chi connectivity index (χ0) is 32.8. The summed E-state index contributed by atoms with van der Waals surface area (Å²) in [6.45, 7) is 4.93. The van der Waals surface area contributed by atoms with Crippen molar-refractivity contribution in [1.82, 2.24) is 10.2 Å². The van der Waals surface area contributed by atoms with E-state index in [1.165, 1.54) is 35.2 Å². The van der Waals surface area contributed by atoms with Crippen LogP contribution in [0, 0.1) is 0 Å². The van der Waals surface area contributed by atoms with Gasteiger partial charge in [-0.2, -0.15) is 0 Å². The van der Waals surface area contributed by atoms with Gasteiger partial charge in [0.15, 0.2) is 0 Å². The lowest BCUT2D eigenvalue weighted by Crippen LogP contribution is -2.56. The molecule has 0 aromatic heterocycles. The van der Waals surface area contributed by atoms with E-state index in [-0.39, 0.29) is 39.5 Å². The van der Waals surface area contributed by atoms with Crippen LogP contribution in [0.3, 0.4) is 0 Å². The summed E-state index contributed by atoms with van der Waals surface area (Å²) in [5.41, 5.74) is 1.04. The number of amides is 2. The first-order valence-corrected chi connectivity index (χ1v) is 16.7. The highest BCUT2D eigenvalue weighted by Crippen LogP contribution is 2.31. The third kappa shape index (κ3) is 9.23. The molecule has 0 saturated heterocycles. The van der Waals surface area contributed by atoms with E-state index in [1.54, 1.807) is 42.5 Å². The van der Waals surface area contributed by atoms with Gasteiger partial charge in [-0.05, 0) is 74.4 Å². The maximum Gasteiger partial charge on any atom is 0.264 e. The summed E-state index contributed by atoms with van der Waals surface area (Å²) < 4.78 is 29.1. The molecule has 0 heterocycles. The molecule has 4 aromatic rings. The maximum atomic E-state index is 14.5. The number of benzene rings is 4. The molecule has 0 spiro atoms. The number of carbonyl (C=O) groups is 2. The minimum Gasteiger partial charge on any atom is -0.350 e. The Balaban J connectivity index is 1.83. The Bertz CT molecular complexity index is 1750. The number of halogens is 3. The van der Waals surface area contributed by atoms with E-state index >= 15 is 0 Å². The molecule has 236 valence electrons. The number of sulfonamides is 1. The van der Waals surface area contributed by atoms with Crippen LogP contribution in [0.25, 0.3) is 0 Å². The van der Waals surface area contributed by atoms with Gasteiger partial charge in [0, 0.05) is 23.5 Å². The van der Waals surface area contributed by atoms with Gasteiger partial charge in [-0.1, -0.05) is 95.5 Å². The molecule has 1 N–H and O–H groups in total. The van der Waals surface area contributed by atoms with Crippen LogP contribution in [0.2, 0.25) is 15.1 Å². The zero-order valence-electron chi connectivity index (χ0n) is 25.1. The smallest absolute Gasteiger partial charge is 0.264 e. The van der Waals surface area contributed by atoms with Crippen molar-refractivity contribution in [3.8, 4) is 0 Å². The number of nitrogens with zero attached hydrogens (tertiary/aromatic N) is 2. The average Bonchev–Trinajstić information content (AvgIpc) is 2.99. The Morgan fingerprint density at radius 1 is 0.778 bits per heavy atom. The molecule has 11 heteroatoms. The lowest BCUT2D eigenvalue weighted by molar-refractivity contribution is -0.140. The number of hydrogen-bond donors (Lipinski definition) is 1. The molecule has 0 aliphatic rings. The monoisotopic (exact) mass is 685 g/mol. The molecule has 0 fully saturated rings. The van der Waals surface area contributed by atoms with Gasteiger partial charge >= 0.3 is 0 Å². The third-order valence-corrected chi connectivity index (χ3v) is 9.57. The van der Waals surface area contributed by atoms with Crippen LogP contribution in [0.4, 0.5) is 5.69 Å². The van der Waals surface area contributed by atoms with Gasteiger partial charge in [0.05, 0.1) is 20.6 Å². The van der Waals surface area contributed by atoms with Crippen molar-refractivity contribution in [2.75, 3.05) is 10.8 Å².